The van der Waals surface area contributed by atoms with Gasteiger partial charge in [-0.2, -0.15) is 15.0 Å². The van der Waals surface area contributed by atoms with Crippen LogP contribution in [0.2, 0.25) is 0 Å². The van der Waals surface area contributed by atoms with Crippen molar-refractivity contribution in [1.29, 1.82) is 0 Å². The first kappa shape index (κ1) is 13.7. The van der Waals surface area contributed by atoms with Crippen LogP contribution in [0.15, 0.2) is 12.1 Å². The Balaban J connectivity index is 1.94. The van der Waals surface area contributed by atoms with Gasteiger partial charge in [-0.05, 0) is 44.0 Å². The van der Waals surface area contributed by atoms with E-state index in [2.05, 4.69) is 15.2 Å². The molecule has 0 amide bonds. The van der Waals surface area contributed by atoms with Crippen molar-refractivity contribution in [2.45, 2.75) is 27.3 Å². The largest absolute Gasteiger partial charge is 0.477 e. The molecule has 3 rings (SSSR count). The number of thiazole rings is 1. The van der Waals surface area contributed by atoms with E-state index in [1.807, 2.05) is 26.0 Å². The van der Waals surface area contributed by atoms with E-state index in [0.29, 0.717) is 17.2 Å². The maximum atomic E-state index is 11.0. The Morgan fingerprint density at radius 1 is 1.19 bits per heavy atom. The van der Waals surface area contributed by atoms with Crippen LogP contribution in [0.1, 0.15) is 31.5 Å². The molecule has 0 fully saturated rings. The second-order valence-electron chi connectivity index (χ2n) is 4.98. The molecule has 1 aromatic carbocycles. The fourth-order valence-electron chi connectivity index (χ4n) is 2.13. The molecule has 0 aliphatic carbocycles. The highest BCUT2D eigenvalue weighted by Crippen LogP contribution is 2.20. The van der Waals surface area contributed by atoms with Gasteiger partial charge in [0.2, 0.25) is 0 Å². The summed E-state index contributed by atoms with van der Waals surface area (Å²) in [6.07, 6.45) is 0. The highest BCUT2D eigenvalue weighted by molar-refractivity contribution is 7.13. The average Bonchev–Trinajstić information content (AvgIpc) is 2.93. The Kier molecular flexibility index (Phi) is 3.21. The number of aryl methyl sites for hydroxylation is 3. The number of aromatic nitrogens is 4. The number of nitrogens with zero attached hydrogens (tertiary/aromatic N) is 4. The number of carboxylic acid groups (broad SMARTS) is 1. The average molecular weight is 302 g/mol. The van der Waals surface area contributed by atoms with E-state index < -0.39 is 5.97 Å². The van der Waals surface area contributed by atoms with Crippen LogP contribution in [0.25, 0.3) is 11.0 Å². The van der Waals surface area contributed by atoms with Crippen LogP contribution < -0.4 is 0 Å². The number of carbonyl (C=O) groups is 1. The molecule has 3 aromatic rings. The quantitative estimate of drug-likeness (QED) is 0.804. The number of benzene rings is 1. The molecule has 0 aliphatic heterocycles. The van der Waals surface area contributed by atoms with E-state index in [4.69, 9.17) is 5.11 Å². The van der Waals surface area contributed by atoms with E-state index in [1.54, 1.807) is 11.7 Å². The molecule has 6 nitrogen and oxygen atoms in total. The van der Waals surface area contributed by atoms with Gasteiger partial charge in [0.25, 0.3) is 0 Å². The molecule has 108 valence electrons. The lowest BCUT2D eigenvalue weighted by Gasteiger charge is -1.95. The molecule has 0 radical (unpaired) electrons. The molecular formula is C14H14N4O2S. The van der Waals surface area contributed by atoms with Crippen molar-refractivity contribution >= 4 is 28.3 Å². The number of rotatable bonds is 3. The van der Waals surface area contributed by atoms with Gasteiger partial charge in [0, 0.05) is 0 Å². The zero-order valence-corrected chi connectivity index (χ0v) is 12.7. The first-order chi connectivity index (χ1) is 9.94. The Labute approximate surface area is 125 Å². The third kappa shape index (κ3) is 2.52. The predicted molar refractivity (Wildman–Crippen MR) is 79.9 cm³/mol. The lowest BCUT2D eigenvalue weighted by Crippen LogP contribution is -2.03. The van der Waals surface area contributed by atoms with Crippen molar-refractivity contribution in [3.63, 3.8) is 0 Å². The molecule has 21 heavy (non-hydrogen) atoms. The van der Waals surface area contributed by atoms with Crippen LogP contribution in [-0.2, 0) is 6.54 Å². The molecule has 1 N–H and O–H groups in total. The van der Waals surface area contributed by atoms with Crippen molar-refractivity contribution < 1.29 is 9.90 Å². The summed E-state index contributed by atoms with van der Waals surface area (Å²) in [6, 6.07) is 4.01. The highest BCUT2D eigenvalue weighted by atomic mass is 32.1. The van der Waals surface area contributed by atoms with Gasteiger partial charge in [-0.25, -0.2) is 9.78 Å². The molecule has 0 bridgehead atoms. The molecule has 7 heteroatoms. The van der Waals surface area contributed by atoms with Crippen LogP contribution in [0, 0.1) is 20.8 Å². The van der Waals surface area contributed by atoms with Gasteiger partial charge >= 0.3 is 5.97 Å². The molecule has 0 unspecified atom stereocenters. The summed E-state index contributed by atoms with van der Waals surface area (Å²) in [4.78, 5) is 17.1. The Morgan fingerprint density at radius 2 is 1.76 bits per heavy atom. The summed E-state index contributed by atoms with van der Waals surface area (Å²) in [5.41, 5.74) is 4.56. The molecule has 0 atom stereocenters. The van der Waals surface area contributed by atoms with E-state index in [1.165, 1.54) is 22.5 Å². The number of fused-ring (bicyclic) bond motifs is 1. The molecule has 0 saturated heterocycles. The van der Waals surface area contributed by atoms with Gasteiger partial charge < -0.3 is 5.11 Å². The first-order valence-electron chi connectivity index (χ1n) is 6.45. The minimum atomic E-state index is -0.943. The predicted octanol–water partition coefficient (Wildman–Crippen LogP) is 2.56. The zero-order valence-electron chi connectivity index (χ0n) is 11.9. The number of hydrogen-bond acceptors (Lipinski definition) is 5. The highest BCUT2D eigenvalue weighted by Gasteiger charge is 2.15. The molecule has 2 aromatic heterocycles. The minimum absolute atomic E-state index is 0.272. The summed E-state index contributed by atoms with van der Waals surface area (Å²) >= 11 is 1.17. The SMILES string of the molecule is Cc1cc2nn(Cc3nc(C)c(C(=O)O)s3)nc2cc1C. The van der Waals surface area contributed by atoms with Crippen LogP contribution in [0.4, 0.5) is 0 Å². The zero-order chi connectivity index (χ0) is 15.1. The van der Waals surface area contributed by atoms with Gasteiger partial charge in [0.1, 0.15) is 27.5 Å². The summed E-state index contributed by atoms with van der Waals surface area (Å²) < 4.78 is 0. The third-order valence-corrected chi connectivity index (χ3v) is 4.48. The summed E-state index contributed by atoms with van der Waals surface area (Å²) in [5.74, 6) is -0.943. The second-order valence-corrected chi connectivity index (χ2v) is 6.07. The fourth-order valence-corrected chi connectivity index (χ4v) is 3.01. The number of hydrogen-bond donors (Lipinski definition) is 1. The van der Waals surface area contributed by atoms with Crippen molar-refractivity contribution in [2.24, 2.45) is 0 Å². The third-order valence-electron chi connectivity index (χ3n) is 3.35. The van der Waals surface area contributed by atoms with Gasteiger partial charge in [-0.15, -0.1) is 11.3 Å². The standard InChI is InChI=1S/C14H14N4O2S/c1-7-4-10-11(5-8(7)2)17-18(16-10)6-12-15-9(3)13(21-12)14(19)20/h4-5H,6H2,1-3H3,(H,19,20). The Bertz CT molecular complexity index is 811. The molecule has 0 aliphatic rings. The number of carboxylic acids is 1. The topological polar surface area (TPSA) is 80.9 Å². The first-order valence-corrected chi connectivity index (χ1v) is 7.27. The van der Waals surface area contributed by atoms with Crippen LogP contribution >= 0.6 is 11.3 Å². The van der Waals surface area contributed by atoms with Gasteiger partial charge in [-0.1, -0.05) is 0 Å². The van der Waals surface area contributed by atoms with Crippen molar-refractivity contribution in [3.8, 4) is 0 Å². The minimum Gasteiger partial charge on any atom is -0.477 e. The molecular weight excluding hydrogens is 288 g/mol. The Hall–Kier alpha value is -2.28. The van der Waals surface area contributed by atoms with E-state index in [-0.39, 0.29) is 4.88 Å². The summed E-state index contributed by atoms with van der Waals surface area (Å²) in [6.45, 7) is 6.16. The second kappa shape index (κ2) is 4.92. The van der Waals surface area contributed by atoms with Crippen molar-refractivity contribution in [3.05, 3.63) is 38.8 Å². The smallest absolute Gasteiger partial charge is 0.347 e. The lowest BCUT2D eigenvalue weighted by atomic mass is 10.1. The fraction of sp³-hybridized carbons (Fsp3) is 0.286. The number of aromatic carboxylic acids is 1. The maximum absolute atomic E-state index is 11.0. The molecule has 0 saturated carbocycles. The molecule has 2 heterocycles. The summed E-state index contributed by atoms with van der Waals surface area (Å²) in [5, 5.41) is 18.6. The van der Waals surface area contributed by atoms with Crippen LogP contribution in [0.3, 0.4) is 0 Å². The maximum Gasteiger partial charge on any atom is 0.347 e. The summed E-state index contributed by atoms with van der Waals surface area (Å²) in [7, 11) is 0. The Morgan fingerprint density at radius 3 is 2.24 bits per heavy atom. The van der Waals surface area contributed by atoms with Gasteiger partial charge in [0.05, 0.1) is 5.69 Å². The van der Waals surface area contributed by atoms with E-state index in [9.17, 15) is 4.79 Å². The molecule has 0 spiro atoms. The van der Waals surface area contributed by atoms with Gasteiger partial charge in [0.15, 0.2) is 0 Å². The van der Waals surface area contributed by atoms with E-state index in [0.717, 1.165) is 11.0 Å². The van der Waals surface area contributed by atoms with Gasteiger partial charge in [-0.3, -0.25) is 0 Å². The monoisotopic (exact) mass is 302 g/mol. The van der Waals surface area contributed by atoms with Crippen LogP contribution in [-0.4, -0.2) is 31.1 Å². The normalized spacial score (nSPS) is 11.2. The van der Waals surface area contributed by atoms with Crippen molar-refractivity contribution in [1.82, 2.24) is 20.0 Å². The van der Waals surface area contributed by atoms with Crippen LogP contribution in [0.5, 0.6) is 0 Å². The lowest BCUT2D eigenvalue weighted by molar-refractivity contribution is 0.0701. The van der Waals surface area contributed by atoms with E-state index >= 15 is 0 Å². The van der Waals surface area contributed by atoms with Crippen molar-refractivity contribution in [2.75, 3.05) is 0 Å².